The molecule has 13 heteroatoms. The lowest BCUT2D eigenvalue weighted by Gasteiger charge is -2.32. The molecule has 1 aliphatic rings. The van der Waals surface area contributed by atoms with Crippen LogP contribution < -0.4 is 10.6 Å². The van der Waals surface area contributed by atoms with Crippen LogP contribution in [0.15, 0.2) is 35.2 Å². The van der Waals surface area contributed by atoms with Crippen molar-refractivity contribution in [2.24, 2.45) is 0 Å². The third-order valence-electron chi connectivity index (χ3n) is 5.54. The zero-order valence-corrected chi connectivity index (χ0v) is 21.4. The number of rotatable bonds is 6. The van der Waals surface area contributed by atoms with Crippen LogP contribution >= 0.6 is 34.5 Å². The Hall–Kier alpha value is -1.99. The molecule has 2 aromatic carbocycles. The largest absolute Gasteiger partial charge is 0.337 e. The van der Waals surface area contributed by atoms with Crippen LogP contribution in [0.5, 0.6) is 0 Å². The number of halogens is 2. The van der Waals surface area contributed by atoms with Gasteiger partial charge in [-0.05, 0) is 30.8 Å². The van der Waals surface area contributed by atoms with Gasteiger partial charge in [0.05, 0.1) is 20.3 Å². The van der Waals surface area contributed by atoms with Crippen LogP contribution in [0.3, 0.4) is 0 Å². The second-order valence-corrected chi connectivity index (χ2v) is 11.1. The van der Waals surface area contributed by atoms with Gasteiger partial charge in [0, 0.05) is 44.8 Å². The fourth-order valence-corrected chi connectivity index (χ4v) is 6.29. The Balaban J connectivity index is 1.44. The summed E-state index contributed by atoms with van der Waals surface area (Å²) in [5.74, 6) is 0. The molecule has 0 spiro atoms. The fourth-order valence-electron chi connectivity index (χ4n) is 3.68. The van der Waals surface area contributed by atoms with Gasteiger partial charge in [-0.2, -0.15) is 8.42 Å². The van der Waals surface area contributed by atoms with E-state index in [9.17, 15) is 17.8 Å². The zero-order chi connectivity index (χ0) is 24.5. The molecule has 1 fully saturated rings. The van der Waals surface area contributed by atoms with E-state index in [2.05, 4.69) is 32.5 Å². The number of likely N-dealkylation sites (N-methyl/N-ethyl adjacent to an activating group) is 1. The van der Waals surface area contributed by atoms with E-state index < -0.39 is 15.0 Å². The second-order valence-electron chi connectivity index (χ2n) is 7.94. The lowest BCUT2D eigenvalue weighted by molar-refractivity contribution is 0.155. The number of hydrogen-bond donors (Lipinski definition) is 3. The Kier molecular flexibility index (Phi) is 7.63. The Bertz CT molecular complexity index is 1320. The van der Waals surface area contributed by atoms with Gasteiger partial charge in [0.15, 0.2) is 5.13 Å². The van der Waals surface area contributed by atoms with Crippen LogP contribution in [0.4, 0.5) is 9.93 Å². The highest BCUT2D eigenvalue weighted by atomic mass is 35.5. The molecule has 0 radical (unpaired) electrons. The molecule has 0 aliphatic carbocycles. The molecule has 2 amide bonds. The van der Waals surface area contributed by atoms with E-state index in [1.165, 1.54) is 17.4 Å². The summed E-state index contributed by atoms with van der Waals surface area (Å²) in [6, 6.07) is 7.87. The molecule has 0 atom stereocenters. The minimum absolute atomic E-state index is 0.166. The van der Waals surface area contributed by atoms with Crippen LogP contribution in [0.1, 0.15) is 0 Å². The lowest BCUT2D eigenvalue weighted by atomic mass is 10.1. The second kappa shape index (κ2) is 10.3. The summed E-state index contributed by atoms with van der Waals surface area (Å²) in [6.07, 6.45) is 0. The van der Waals surface area contributed by atoms with Crippen molar-refractivity contribution < 1.29 is 17.8 Å². The minimum Gasteiger partial charge on any atom is -0.337 e. The third kappa shape index (κ3) is 5.80. The number of carbonyl (C=O) groups excluding carboxylic acids is 1. The van der Waals surface area contributed by atoms with Gasteiger partial charge in [-0.15, -0.1) is 0 Å². The van der Waals surface area contributed by atoms with Gasteiger partial charge >= 0.3 is 6.03 Å². The highest BCUT2D eigenvalue weighted by Crippen LogP contribution is 2.39. The number of anilines is 1. The van der Waals surface area contributed by atoms with Gasteiger partial charge in [0.1, 0.15) is 4.90 Å². The van der Waals surface area contributed by atoms with Gasteiger partial charge in [-0.1, -0.05) is 46.7 Å². The van der Waals surface area contributed by atoms with Gasteiger partial charge in [-0.3, -0.25) is 14.8 Å². The van der Waals surface area contributed by atoms with Crippen molar-refractivity contribution in [3.63, 3.8) is 0 Å². The number of benzene rings is 2. The molecule has 0 bridgehead atoms. The maximum atomic E-state index is 12.3. The van der Waals surface area contributed by atoms with Crippen LogP contribution in [0, 0.1) is 0 Å². The summed E-state index contributed by atoms with van der Waals surface area (Å²) in [7, 11) is -2.50. The molecule has 2 heterocycles. The van der Waals surface area contributed by atoms with E-state index in [1.54, 1.807) is 24.3 Å². The van der Waals surface area contributed by atoms with Crippen molar-refractivity contribution >= 4 is 66.0 Å². The van der Waals surface area contributed by atoms with E-state index in [0.29, 0.717) is 28.3 Å². The summed E-state index contributed by atoms with van der Waals surface area (Å²) < 4.78 is 33.6. The Morgan fingerprint density at radius 2 is 1.91 bits per heavy atom. The number of nitrogens with one attached hydrogen (secondary N) is 2. The third-order valence-corrected chi connectivity index (χ3v) is 8.34. The van der Waals surface area contributed by atoms with E-state index >= 15 is 0 Å². The molecule has 182 valence electrons. The Labute approximate surface area is 211 Å². The molecule has 34 heavy (non-hydrogen) atoms. The predicted octanol–water partition coefficient (Wildman–Crippen LogP) is 3.89. The number of fused-ring (bicyclic) bond motifs is 1. The monoisotopic (exact) mass is 543 g/mol. The van der Waals surface area contributed by atoms with Crippen molar-refractivity contribution in [2.45, 2.75) is 4.90 Å². The van der Waals surface area contributed by atoms with Crippen molar-refractivity contribution in [2.75, 3.05) is 51.6 Å². The number of aromatic nitrogens is 1. The Morgan fingerprint density at radius 1 is 1.18 bits per heavy atom. The topological polar surface area (TPSA) is 115 Å². The van der Waals surface area contributed by atoms with Crippen LogP contribution in [-0.2, 0) is 10.1 Å². The van der Waals surface area contributed by atoms with Gasteiger partial charge in [0.25, 0.3) is 10.1 Å². The number of urea groups is 1. The van der Waals surface area contributed by atoms with Crippen LogP contribution in [-0.4, -0.2) is 80.1 Å². The molecule has 0 saturated carbocycles. The standard InChI is InChI=1S/C21H23Cl2N5O4S2/c1-27-8-10-28(11-9-27)7-6-24-20(29)26-21-25-16-5-2-13(12-17(16)33-21)14-3-4-15(22)19(18(14)23)34(30,31)32/h2-5,12H,6-11H2,1H3,(H,30,31,32)(H2,24,25,26,29). The predicted molar refractivity (Wildman–Crippen MR) is 136 cm³/mol. The van der Waals surface area contributed by atoms with E-state index in [1.807, 2.05) is 0 Å². The summed E-state index contributed by atoms with van der Waals surface area (Å²) in [5, 5.41) is 5.71. The number of piperazine rings is 1. The Morgan fingerprint density at radius 3 is 2.62 bits per heavy atom. The molecule has 9 nitrogen and oxygen atoms in total. The molecule has 3 aromatic rings. The first-order chi connectivity index (χ1) is 16.1. The lowest BCUT2D eigenvalue weighted by Crippen LogP contribution is -2.47. The highest BCUT2D eigenvalue weighted by molar-refractivity contribution is 7.86. The summed E-state index contributed by atoms with van der Waals surface area (Å²) >= 11 is 13.5. The smallest absolute Gasteiger partial charge is 0.321 e. The number of hydrogen-bond acceptors (Lipinski definition) is 7. The van der Waals surface area contributed by atoms with E-state index in [-0.39, 0.29) is 16.1 Å². The van der Waals surface area contributed by atoms with Crippen molar-refractivity contribution in [1.29, 1.82) is 0 Å². The SMILES string of the molecule is CN1CCN(CCNC(=O)Nc2nc3ccc(-c4ccc(Cl)c(S(=O)(=O)O)c4Cl)cc3s2)CC1. The number of nitrogens with zero attached hydrogens (tertiary/aromatic N) is 3. The molecule has 3 N–H and O–H groups in total. The first kappa shape index (κ1) is 25.1. The van der Waals surface area contributed by atoms with E-state index in [4.69, 9.17) is 23.2 Å². The highest BCUT2D eigenvalue weighted by Gasteiger charge is 2.22. The first-order valence-electron chi connectivity index (χ1n) is 10.4. The molecule has 4 rings (SSSR count). The van der Waals surface area contributed by atoms with E-state index in [0.717, 1.165) is 37.4 Å². The zero-order valence-electron chi connectivity index (χ0n) is 18.2. The maximum absolute atomic E-state index is 12.3. The molecular weight excluding hydrogens is 521 g/mol. The van der Waals surface area contributed by atoms with Gasteiger partial charge < -0.3 is 10.2 Å². The summed E-state index contributed by atoms with van der Waals surface area (Å²) in [4.78, 5) is 20.8. The minimum atomic E-state index is -4.60. The van der Waals surface area contributed by atoms with Crippen molar-refractivity contribution in [1.82, 2.24) is 20.1 Å². The van der Waals surface area contributed by atoms with Crippen molar-refractivity contribution in [3.8, 4) is 11.1 Å². The van der Waals surface area contributed by atoms with Crippen molar-refractivity contribution in [3.05, 3.63) is 40.4 Å². The fraction of sp³-hybridized carbons (Fsp3) is 0.333. The number of thiazole rings is 1. The quantitative estimate of drug-likeness (QED) is 0.404. The first-order valence-corrected chi connectivity index (χ1v) is 13.5. The number of carbonyl (C=O) groups is 1. The summed E-state index contributed by atoms with van der Waals surface area (Å²) in [6.45, 7) is 5.36. The average molecular weight is 544 g/mol. The molecule has 1 saturated heterocycles. The van der Waals surface area contributed by atoms with Gasteiger partial charge in [0.2, 0.25) is 0 Å². The normalized spacial score (nSPS) is 15.5. The molecule has 0 unspecified atom stereocenters. The van der Waals surface area contributed by atoms with Gasteiger partial charge in [-0.25, -0.2) is 9.78 Å². The van der Waals surface area contributed by atoms with Crippen LogP contribution in [0.25, 0.3) is 21.3 Å². The maximum Gasteiger partial charge on any atom is 0.321 e. The molecule has 1 aliphatic heterocycles. The van der Waals surface area contributed by atoms with Crippen LogP contribution in [0.2, 0.25) is 10.0 Å². The molecular formula is C21H23Cl2N5O4S2. The summed E-state index contributed by atoms with van der Waals surface area (Å²) in [5.41, 5.74) is 1.68. The number of amides is 2. The average Bonchev–Trinajstić information content (AvgIpc) is 3.15. The molecule has 1 aromatic heterocycles.